The number of hydrogen-bond donors (Lipinski definition) is 1. The van der Waals surface area contributed by atoms with Crippen molar-refractivity contribution in [2.75, 3.05) is 6.61 Å². The van der Waals surface area contributed by atoms with E-state index in [0.29, 0.717) is 17.7 Å². The van der Waals surface area contributed by atoms with Crippen LogP contribution in [-0.4, -0.2) is 44.7 Å². The Morgan fingerprint density at radius 2 is 2.00 bits per heavy atom. The third-order valence-corrected chi connectivity index (χ3v) is 5.55. The topological polar surface area (TPSA) is 99.0 Å². The summed E-state index contributed by atoms with van der Waals surface area (Å²) in [6.07, 6.45) is 4.86. The van der Waals surface area contributed by atoms with Gasteiger partial charge in [-0.15, -0.1) is 5.10 Å². The molecule has 1 aromatic heterocycles. The Hall–Kier alpha value is -3.03. The summed E-state index contributed by atoms with van der Waals surface area (Å²) >= 11 is 0. The van der Waals surface area contributed by atoms with Gasteiger partial charge in [-0.3, -0.25) is 4.79 Å². The number of nitrogens with one attached hydrogen (secondary N) is 1. The molecule has 0 radical (unpaired) electrons. The second-order valence-corrected chi connectivity index (χ2v) is 7.60. The summed E-state index contributed by atoms with van der Waals surface area (Å²) in [6.45, 7) is 5.70. The van der Waals surface area contributed by atoms with Gasteiger partial charge in [0.1, 0.15) is 0 Å². The van der Waals surface area contributed by atoms with Crippen LogP contribution in [0.4, 0.5) is 0 Å². The molecular weight excluding hydrogens is 370 g/mol. The van der Waals surface area contributed by atoms with Crippen molar-refractivity contribution in [1.82, 2.24) is 25.5 Å². The van der Waals surface area contributed by atoms with Gasteiger partial charge in [0.05, 0.1) is 0 Å². The SMILES string of the molecule is Cc1nnnn1/C(=C\c1ccccc1)C(=O)OCC(=O)N[C@H]1CCC[C@H](C)[C@@H]1C. The molecule has 3 rings (SSSR count). The van der Waals surface area contributed by atoms with Gasteiger partial charge in [0.15, 0.2) is 18.1 Å². The largest absolute Gasteiger partial charge is 0.451 e. The summed E-state index contributed by atoms with van der Waals surface area (Å²) in [5.41, 5.74) is 0.940. The summed E-state index contributed by atoms with van der Waals surface area (Å²) in [6, 6.07) is 9.43. The zero-order valence-electron chi connectivity index (χ0n) is 17.0. The van der Waals surface area contributed by atoms with E-state index in [1.54, 1.807) is 13.0 Å². The number of nitrogens with zero attached hydrogens (tertiary/aromatic N) is 4. The van der Waals surface area contributed by atoms with Crippen molar-refractivity contribution in [2.45, 2.75) is 46.1 Å². The maximum Gasteiger partial charge on any atom is 0.357 e. The first kappa shape index (κ1) is 20.7. The average molecular weight is 397 g/mol. The van der Waals surface area contributed by atoms with Gasteiger partial charge in [0, 0.05) is 6.04 Å². The Morgan fingerprint density at radius 3 is 2.69 bits per heavy atom. The van der Waals surface area contributed by atoms with E-state index in [0.717, 1.165) is 18.4 Å². The quantitative estimate of drug-likeness (QED) is 0.594. The van der Waals surface area contributed by atoms with E-state index < -0.39 is 5.97 Å². The number of aryl methyl sites for hydroxylation is 1. The molecule has 3 atom stereocenters. The Labute approximate surface area is 170 Å². The summed E-state index contributed by atoms with van der Waals surface area (Å²) < 4.78 is 6.59. The lowest BCUT2D eigenvalue weighted by molar-refractivity contribution is -0.143. The fourth-order valence-electron chi connectivity index (χ4n) is 3.61. The molecule has 1 fully saturated rings. The molecule has 1 N–H and O–H groups in total. The molecule has 1 amide bonds. The number of carbonyl (C=O) groups excluding carboxylic acids is 2. The number of benzene rings is 1. The summed E-state index contributed by atoms with van der Waals surface area (Å²) in [7, 11) is 0. The maximum absolute atomic E-state index is 12.7. The van der Waals surface area contributed by atoms with Gasteiger partial charge < -0.3 is 10.1 Å². The number of tetrazole rings is 1. The highest BCUT2D eigenvalue weighted by Crippen LogP contribution is 2.29. The maximum atomic E-state index is 12.7. The molecule has 1 saturated carbocycles. The summed E-state index contributed by atoms with van der Waals surface area (Å²) in [5.74, 6) is 0.459. The van der Waals surface area contributed by atoms with E-state index in [1.165, 1.54) is 11.1 Å². The van der Waals surface area contributed by atoms with Crippen LogP contribution in [0.5, 0.6) is 0 Å². The Bertz CT molecular complexity index is 877. The van der Waals surface area contributed by atoms with Gasteiger partial charge in [-0.25, -0.2) is 4.79 Å². The Balaban J connectivity index is 1.67. The molecule has 1 aromatic carbocycles. The molecule has 154 valence electrons. The van der Waals surface area contributed by atoms with E-state index >= 15 is 0 Å². The van der Waals surface area contributed by atoms with Crippen LogP contribution in [-0.2, 0) is 14.3 Å². The predicted molar refractivity (Wildman–Crippen MR) is 108 cm³/mol. The van der Waals surface area contributed by atoms with Crippen LogP contribution in [0.15, 0.2) is 30.3 Å². The molecule has 1 heterocycles. The van der Waals surface area contributed by atoms with Crippen molar-refractivity contribution < 1.29 is 14.3 Å². The second kappa shape index (κ2) is 9.45. The van der Waals surface area contributed by atoms with Gasteiger partial charge in [0.25, 0.3) is 5.91 Å². The standard InChI is InChI=1S/C21H27N5O3/c1-14-8-7-11-18(15(14)2)22-20(27)13-29-21(28)19(26-16(3)23-24-25-26)12-17-9-5-4-6-10-17/h4-6,9-10,12,14-15,18H,7-8,11,13H2,1-3H3,(H,22,27)/b19-12-/t14-,15-,18-/m0/s1. The lowest BCUT2D eigenvalue weighted by atomic mass is 9.78. The predicted octanol–water partition coefficient (Wildman–Crippen LogP) is 2.46. The number of carbonyl (C=O) groups is 2. The fraction of sp³-hybridized carbons (Fsp3) is 0.476. The lowest BCUT2D eigenvalue weighted by Crippen LogP contribution is -2.45. The van der Waals surface area contributed by atoms with Crippen molar-refractivity contribution in [1.29, 1.82) is 0 Å². The van der Waals surface area contributed by atoms with Crippen LogP contribution in [0.3, 0.4) is 0 Å². The Morgan fingerprint density at radius 1 is 1.24 bits per heavy atom. The van der Waals surface area contributed by atoms with E-state index in [4.69, 9.17) is 4.74 Å². The summed E-state index contributed by atoms with van der Waals surface area (Å²) in [4.78, 5) is 25.1. The number of esters is 1. The Kier molecular flexibility index (Phi) is 6.74. The summed E-state index contributed by atoms with van der Waals surface area (Å²) in [5, 5.41) is 14.3. The molecule has 8 nitrogen and oxygen atoms in total. The molecule has 1 aliphatic carbocycles. The van der Waals surface area contributed by atoms with Gasteiger partial charge in [-0.05, 0) is 47.2 Å². The third kappa shape index (κ3) is 5.28. The van der Waals surface area contributed by atoms with Crippen molar-refractivity contribution >= 4 is 23.6 Å². The third-order valence-electron chi connectivity index (χ3n) is 5.55. The first-order chi connectivity index (χ1) is 14.0. The number of ether oxygens (including phenoxy) is 1. The first-order valence-corrected chi connectivity index (χ1v) is 9.94. The van der Waals surface area contributed by atoms with Crippen LogP contribution in [0, 0.1) is 18.8 Å². The van der Waals surface area contributed by atoms with Crippen molar-refractivity contribution in [2.24, 2.45) is 11.8 Å². The zero-order chi connectivity index (χ0) is 20.8. The van der Waals surface area contributed by atoms with Crippen LogP contribution in [0.1, 0.15) is 44.5 Å². The van der Waals surface area contributed by atoms with E-state index in [9.17, 15) is 9.59 Å². The highest BCUT2D eigenvalue weighted by atomic mass is 16.5. The monoisotopic (exact) mass is 397 g/mol. The first-order valence-electron chi connectivity index (χ1n) is 9.94. The van der Waals surface area contributed by atoms with Gasteiger partial charge in [0.2, 0.25) is 0 Å². The molecule has 0 saturated heterocycles. The minimum absolute atomic E-state index is 0.117. The number of hydrogen-bond acceptors (Lipinski definition) is 6. The van der Waals surface area contributed by atoms with Crippen LogP contribution >= 0.6 is 0 Å². The molecule has 8 heteroatoms. The molecule has 1 aliphatic rings. The lowest BCUT2D eigenvalue weighted by Gasteiger charge is -2.34. The van der Waals surface area contributed by atoms with Crippen molar-refractivity contribution in [3.8, 4) is 0 Å². The number of rotatable bonds is 6. The number of aromatic nitrogens is 4. The van der Waals surface area contributed by atoms with Crippen molar-refractivity contribution in [3.05, 3.63) is 41.7 Å². The minimum Gasteiger partial charge on any atom is -0.451 e. The molecule has 2 aromatic rings. The molecule has 29 heavy (non-hydrogen) atoms. The van der Waals surface area contributed by atoms with Gasteiger partial charge in [-0.1, -0.05) is 57.0 Å². The van der Waals surface area contributed by atoms with Crippen LogP contribution < -0.4 is 5.32 Å². The molecule has 0 spiro atoms. The molecule has 0 aliphatic heterocycles. The van der Waals surface area contributed by atoms with E-state index in [1.807, 2.05) is 30.3 Å². The van der Waals surface area contributed by atoms with Crippen LogP contribution in [0.25, 0.3) is 11.8 Å². The molecule has 0 bridgehead atoms. The van der Waals surface area contributed by atoms with Crippen molar-refractivity contribution in [3.63, 3.8) is 0 Å². The van der Waals surface area contributed by atoms with E-state index in [2.05, 4.69) is 34.7 Å². The average Bonchev–Trinajstić information content (AvgIpc) is 3.14. The van der Waals surface area contributed by atoms with Gasteiger partial charge >= 0.3 is 5.97 Å². The zero-order valence-corrected chi connectivity index (χ0v) is 17.0. The molecular formula is C21H27N5O3. The minimum atomic E-state index is -0.663. The second-order valence-electron chi connectivity index (χ2n) is 7.60. The normalized spacial score (nSPS) is 22.2. The highest BCUT2D eigenvalue weighted by molar-refractivity contribution is 6.15. The van der Waals surface area contributed by atoms with Gasteiger partial charge in [-0.2, -0.15) is 4.68 Å². The van der Waals surface area contributed by atoms with E-state index in [-0.39, 0.29) is 24.3 Å². The van der Waals surface area contributed by atoms with Crippen LogP contribution in [0.2, 0.25) is 0 Å². The molecule has 0 unspecified atom stereocenters. The fourth-order valence-corrected chi connectivity index (χ4v) is 3.61. The number of amides is 1. The smallest absolute Gasteiger partial charge is 0.357 e. The highest BCUT2D eigenvalue weighted by Gasteiger charge is 2.28.